The standard InChI is InChI=1S/CHNO3S2/c2-1-5-7(3,4)6/h(H,3,4,6). The van der Waals surface area contributed by atoms with Gasteiger partial charge in [0.2, 0.25) is 0 Å². The maximum atomic E-state index is 9.65. The first kappa shape index (κ1) is 6.59. The van der Waals surface area contributed by atoms with Gasteiger partial charge in [0.1, 0.15) is 0 Å². The number of nitrogens with zero attached hydrogens (tertiary/aromatic N) is 1. The zero-order chi connectivity index (χ0) is 5.91. The Morgan fingerprint density at radius 1 is 1.71 bits per heavy atom. The second-order valence-corrected chi connectivity index (χ2v) is 2.97. The third kappa shape index (κ3) is 5.59. The summed E-state index contributed by atoms with van der Waals surface area (Å²) in [6, 6.07) is 0. The highest BCUT2D eigenvalue weighted by Gasteiger charge is 1.97. The van der Waals surface area contributed by atoms with Gasteiger partial charge in [-0.2, -0.15) is 8.42 Å². The van der Waals surface area contributed by atoms with Crippen LogP contribution >= 0.6 is 11.7 Å². The number of hydrogen-bond donors (Lipinski definition) is 1. The summed E-state index contributed by atoms with van der Waals surface area (Å²) < 4.78 is 22.7. The molecule has 0 bridgehead atoms. The van der Waals surface area contributed by atoms with E-state index in [-0.39, 0.29) is 0 Å². The molecule has 0 atom stereocenters. The number of thiol groups is 1. The van der Waals surface area contributed by atoms with E-state index in [1.807, 2.05) is 0 Å². The largest absolute Gasteiger partial charge is 0.372 e. The summed E-state index contributed by atoms with van der Waals surface area (Å²) in [5.41, 5.74) is 0. The van der Waals surface area contributed by atoms with E-state index >= 15 is 0 Å². The minimum atomic E-state index is -3.84. The van der Waals surface area contributed by atoms with Crippen molar-refractivity contribution in [2.75, 3.05) is 0 Å². The second-order valence-electron chi connectivity index (χ2n) is 0.602. The van der Waals surface area contributed by atoms with E-state index in [0.717, 1.165) is 6.26 Å². The van der Waals surface area contributed by atoms with E-state index in [2.05, 4.69) is 15.8 Å². The first-order valence-corrected chi connectivity index (χ1v) is 3.57. The first-order valence-electron chi connectivity index (χ1n) is 1.11. The average Bonchev–Trinajstić information content (AvgIpc) is 1.30. The third-order valence-electron chi connectivity index (χ3n) is 0.143. The Balaban J connectivity index is 3.92. The molecule has 40 valence electrons. The van der Waals surface area contributed by atoms with Gasteiger partial charge < -0.3 is 0 Å². The molecule has 7 heavy (non-hydrogen) atoms. The van der Waals surface area contributed by atoms with Crippen LogP contribution in [0.3, 0.4) is 0 Å². The molecule has 0 unspecified atom stereocenters. The van der Waals surface area contributed by atoms with Gasteiger partial charge in [-0.15, -0.1) is 5.26 Å². The fourth-order valence-corrected chi connectivity index (χ4v) is 0.241. The minimum absolute atomic E-state index is 0.943. The number of rotatable bonds is 1. The predicted molar refractivity (Wildman–Crippen MR) is 24.6 cm³/mol. The van der Waals surface area contributed by atoms with Crippen molar-refractivity contribution in [3.63, 3.8) is 0 Å². The summed E-state index contributed by atoms with van der Waals surface area (Å²) in [5.74, 6) is 0. The molecule has 0 aliphatic rings. The lowest BCUT2D eigenvalue weighted by Gasteiger charge is -1.81. The van der Waals surface area contributed by atoms with Gasteiger partial charge in [0, 0.05) is 0 Å². The molecule has 4 nitrogen and oxygen atoms in total. The van der Waals surface area contributed by atoms with Gasteiger partial charge in [-0.25, -0.2) is 0 Å². The van der Waals surface area contributed by atoms with Gasteiger partial charge in [-0.05, 0) is 11.7 Å². The van der Waals surface area contributed by atoms with Crippen molar-refractivity contribution in [3.05, 3.63) is 0 Å². The van der Waals surface area contributed by atoms with E-state index in [1.165, 1.54) is 0 Å². The van der Waals surface area contributed by atoms with Crippen molar-refractivity contribution in [1.82, 2.24) is 0 Å². The highest BCUT2D eigenvalue weighted by Crippen LogP contribution is 1.93. The van der Waals surface area contributed by atoms with Gasteiger partial charge in [0.15, 0.2) is 0 Å². The molecule has 0 aromatic heterocycles. The van der Waals surface area contributed by atoms with Crippen LogP contribution in [0, 0.1) is 11.5 Å². The maximum Gasteiger partial charge on any atom is 0.372 e. The Morgan fingerprint density at radius 3 is 2.14 bits per heavy atom. The fourth-order valence-electron chi connectivity index (χ4n) is 0.0471. The Hall–Kier alpha value is -0.410. The molecule has 0 amide bonds. The molecule has 0 aliphatic heterocycles. The summed E-state index contributed by atoms with van der Waals surface area (Å²) in [5, 5.41) is 7.50. The van der Waals surface area contributed by atoms with Crippen LogP contribution in [0.2, 0.25) is 0 Å². The lowest BCUT2D eigenvalue weighted by atomic mass is 11.6. The van der Waals surface area contributed by atoms with E-state index in [4.69, 9.17) is 5.26 Å². The van der Waals surface area contributed by atoms with E-state index in [0.29, 0.717) is 0 Å². The first-order chi connectivity index (χ1) is 3.06. The van der Waals surface area contributed by atoms with Crippen LogP contribution in [0.1, 0.15) is 0 Å². The molecule has 0 rings (SSSR count). The van der Waals surface area contributed by atoms with Gasteiger partial charge in [-0.3, -0.25) is 4.18 Å². The van der Waals surface area contributed by atoms with Crippen LogP contribution in [-0.4, -0.2) is 8.42 Å². The molecule has 0 fully saturated rings. The summed E-state index contributed by atoms with van der Waals surface area (Å²) in [4.78, 5) is 0. The van der Waals surface area contributed by atoms with Crippen LogP contribution in [0.25, 0.3) is 0 Å². The topological polar surface area (TPSA) is 67.2 Å². The molecule has 0 radical (unpaired) electrons. The molecule has 0 aliphatic carbocycles. The summed E-state index contributed by atoms with van der Waals surface area (Å²) in [6.45, 7) is 0. The van der Waals surface area contributed by atoms with Crippen molar-refractivity contribution in [2.24, 2.45) is 0 Å². The summed E-state index contributed by atoms with van der Waals surface area (Å²) in [7, 11) is -3.84. The van der Waals surface area contributed by atoms with Crippen molar-refractivity contribution >= 4 is 20.8 Å². The van der Waals surface area contributed by atoms with Gasteiger partial charge in [0.05, 0.1) is 0 Å². The van der Waals surface area contributed by atoms with Crippen LogP contribution < -0.4 is 0 Å². The molecular formula is CHNO3S2. The summed E-state index contributed by atoms with van der Waals surface area (Å²) >= 11 is 2.86. The predicted octanol–water partition coefficient (Wildman–Crippen LogP) is -0.341. The van der Waals surface area contributed by atoms with E-state index < -0.39 is 9.15 Å². The van der Waals surface area contributed by atoms with Crippen LogP contribution in [0.15, 0.2) is 0 Å². The van der Waals surface area contributed by atoms with E-state index in [9.17, 15) is 8.42 Å². The number of nitriles is 1. The zero-order valence-corrected chi connectivity index (χ0v) is 4.74. The summed E-state index contributed by atoms with van der Waals surface area (Å²) in [6.07, 6.45) is 0.943. The Morgan fingerprint density at radius 2 is 2.14 bits per heavy atom. The highest BCUT2D eigenvalue weighted by atomic mass is 33.1. The van der Waals surface area contributed by atoms with Crippen molar-refractivity contribution < 1.29 is 12.6 Å². The monoisotopic (exact) mass is 139 g/mol. The van der Waals surface area contributed by atoms with Crippen LogP contribution in [-0.2, 0) is 13.3 Å². The Labute approximate surface area is 45.6 Å². The van der Waals surface area contributed by atoms with Gasteiger partial charge >= 0.3 is 15.4 Å². The average molecular weight is 139 g/mol. The van der Waals surface area contributed by atoms with Gasteiger partial charge in [0.25, 0.3) is 0 Å². The normalized spacial score (nSPS) is 9.71. The molecule has 0 spiro atoms. The fraction of sp³-hybridized carbons (Fsp3) is 0. The molecule has 0 saturated carbocycles. The van der Waals surface area contributed by atoms with Crippen LogP contribution in [0.4, 0.5) is 0 Å². The Kier molecular flexibility index (Phi) is 1.92. The van der Waals surface area contributed by atoms with Crippen molar-refractivity contribution in [1.29, 1.82) is 5.26 Å². The zero-order valence-electron chi connectivity index (χ0n) is 3.03. The lowest BCUT2D eigenvalue weighted by molar-refractivity contribution is 0.478. The Bertz CT molecular complexity index is 174. The molecule has 0 heterocycles. The molecule has 0 N–H and O–H groups in total. The molecule has 6 heteroatoms. The smallest absolute Gasteiger partial charge is 0.294 e. The van der Waals surface area contributed by atoms with Crippen LogP contribution in [0.5, 0.6) is 0 Å². The molecule has 0 aromatic rings. The third-order valence-corrected chi connectivity index (χ3v) is 0.651. The van der Waals surface area contributed by atoms with Crippen molar-refractivity contribution in [3.8, 4) is 6.26 Å². The van der Waals surface area contributed by atoms with E-state index in [1.54, 1.807) is 0 Å². The second kappa shape index (κ2) is 2.04. The lowest BCUT2D eigenvalue weighted by Crippen LogP contribution is -1.87. The highest BCUT2D eigenvalue weighted by molar-refractivity contribution is 8.61. The molecule has 0 aromatic carbocycles. The van der Waals surface area contributed by atoms with Gasteiger partial charge in [-0.1, -0.05) is 0 Å². The maximum absolute atomic E-state index is 9.65. The minimum Gasteiger partial charge on any atom is -0.294 e. The van der Waals surface area contributed by atoms with Crippen molar-refractivity contribution in [2.45, 2.75) is 0 Å². The SMILES string of the molecule is N#COS(=O)(=O)S. The molecule has 0 saturated heterocycles. The number of hydrogen-bond acceptors (Lipinski definition) is 4. The quantitative estimate of drug-likeness (QED) is 0.306. The molecular weight excluding hydrogens is 138 g/mol.